The van der Waals surface area contributed by atoms with E-state index in [2.05, 4.69) is 5.32 Å². The summed E-state index contributed by atoms with van der Waals surface area (Å²) >= 11 is 0. The highest BCUT2D eigenvalue weighted by Gasteiger charge is 2.54. The van der Waals surface area contributed by atoms with Gasteiger partial charge in [0, 0.05) is 0 Å². The lowest BCUT2D eigenvalue weighted by atomic mass is 10.1. The first-order valence-corrected chi connectivity index (χ1v) is 7.23. The van der Waals surface area contributed by atoms with Gasteiger partial charge in [-0.1, -0.05) is 6.07 Å². The zero-order valence-corrected chi connectivity index (χ0v) is 10.3. The second-order valence-electron chi connectivity index (χ2n) is 4.99. The zero-order chi connectivity index (χ0) is 12.3. The standard InChI is InChI=1S/C12H13NO3S/c1-8-2-3-10-9(6-8)13-11(14)12(4-5-12)7-17(10,15)16/h2-3,6H,4-5,7H2,1H3,(H,13,14). The number of sulfone groups is 1. The average molecular weight is 251 g/mol. The van der Waals surface area contributed by atoms with Crippen LogP contribution >= 0.6 is 0 Å². The smallest absolute Gasteiger partial charge is 0.231 e. The lowest BCUT2D eigenvalue weighted by molar-refractivity contribution is -0.120. The van der Waals surface area contributed by atoms with E-state index in [0.29, 0.717) is 18.5 Å². The third kappa shape index (κ3) is 1.57. The molecule has 90 valence electrons. The molecule has 3 rings (SSSR count). The van der Waals surface area contributed by atoms with E-state index in [4.69, 9.17) is 0 Å². The maximum absolute atomic E-state index is 12.2. The topological polar surface area (TPSA) is 63.2 Å². The molecule has 1 saturated carbocycles. The Bertz CT molecular complexity index is 615. The molecule has 0 unspecified atom stereocenters. The van der Waals surface area contributed by atoms with E-state index < -0.39 is 15.3 Å². The average Bonchev–Trinajstić information content (AvgIpc) is 2.97. The Balaban J connectivity index is 2.21. The van der Waals surface area contributed by atoms with Crippen LogP contribution in [0.3, 0.4) is 0 Å². The highest BCUT2D eigenvalue weighted by Crippen LogP contribution is 2.50. The number of hydrogen-bond acceptors (Lipinski definition) is 3. The molecule has 0 saturated heterocycles. The molecule has 1 heterocycles. The number of fused-ring (bicyclic) bond motifs is 1. The zero-order valence-electron chi connectivity index (χ0n) is 9.49. The second-order valence-corrected chi connectivity index (χ2v) is 6.95. The molecular formula is C12H13NO3S. The van der Waals surface area contributed by atoms with Gasteiger partial charge < -0.3 is 5.32 Å². The van der Waals surface area contributed by atoms with Crippen molar-refractivity contribution in [3.8, 4) is 0 Å². The molecule has 17 heavy (non-hydrogen) atoms. The van der Waals surface area contributed by atoms with Crippen LogP contribution < -0.4 is 5.32 Å². The van der Waals surface area contributed by atoms with Gasteiger partial charge in [-0.2, -0.15) is 0 Å². The SMILES string of the molecule is Cc1ccc2c(c1)NC(=O)C1(CC1)CS2(=O)=O. The van der Waals surface area contributed by atoms with Crippen LogP contribution in [-0.2, 0) is 14.6 Å². The van der Waals surface area contributed by atoms with E-state index in [-0.39, 0.29) is 16.6 Å². The molecule has 1 aromatic carbocycles. The first kappa shape index (κ1) is 10.8. The number of amides is 1. The van der Waals surface area contributed by atoms with Crippen LogP contribution in [0.2, 0.25) is 0 Å². The third-order valence-corrected chi connectivity index (χ3v) is 5.48. The molecule has 0 radical (unpaired) electrons. The molecule has 1 spiro atoms. The Morgan fingerprint density at radius 3 is 2.65 bits per heavy atom. The Kier molecular flexibility index (Phi) is 1.96. The Hall–Kier alpha value is -1.36. The maximum Gasteiger partial charge on any atom is 0.231 e. The molecule has 1 amide bonds. The number of rotatable bonds is 0. The van der Waals surface area contributed by atoms with Crippen LogP contribution in [0.15, 0.2) is 23.1 Å². The van der Waals surface area contributed by atoms with Gasteiger partial charge in [0.1, 0.15) is 0 Å². The fraction of sp³-hybridized carbons (Fsp3) is 0.417. The molecule has 1 fully saturated rings. The number of carbonyl (C=O) groups excluding carboxylic acids is 1. The Morgan fingerprint density at radius 2 is 2.00 bits per heavy atom. The summed E-state index contributed by atoms with van der Waals surface area (Å²) in [6, 6.07) is 5.06. The monoisotopic (exact) mass is 251 g/mol. The van der Waals surface area contributed by atoms with Gasteiger partial charge in [-0.15, -0.1) is 0 Å². The van der Waals surface area contributed by atoms with E-state index in [9.17, 15) is 13.2 Å². The van der Waals surface area contributed by atoms with E-state index in [0.717, 1.165) is 5.56 Å². The second kappa shape index (κ2) is 3.10. The summed E-state index contributed by atoms with van der Waals surface area (Å²) in [7, 11) is -3.36. The normalized spacial score (nSPS) is 23.7. The predicted octanol–water partition coefficient (Wildman–Crippen LogP) is 1.50. The van der Waals surface area contributed by atoms with Gasteiger partial charge in [0.15, 0.2) is 9.84 Å². The summed E-state index contributed by atoms with van der Waals surface area (Å²) in [5.41, 5.74) is 0.705. The molecule has 1 aliphatic heterocycles. The molecular weight excluding hydrogens is 238 g/mol. The van der Waals surface area contributed by atoms with Crippen molar-refractivity contribution in [1.82, 2.24) is 0 Å². The van der Waals surface area contributed by atoms with E-state index >= 15 is 0 Å². The summed E-state index contributed by atoms with van der Waals surface area (Å²) in [6.45, 7) is 1.87. The summed E-state index contributed by atoms with van der Waals surface area (Å²) < 4.78 is 24.4. The minimum atomic E-state index is -3.36. The molecule has 0 atom stereocenters. The van der Waals surface area contributed by atoms with Crippen LogP contribution in [-0.4, -0.2) is 20.1 Å². The summed E-state index contributed by atoms with van der Waals surface area (Å²) in [6.07, 6.45) is 1.34. The van der Waals surface area contributed by atoms with Gasteiger partial charge in [-0.3, -0.25) is 4.79 Å². The maximum atomic E-state index is 12.2. The highest BCUT2D eigenvalue weighted by atomic mass is 32.2. The first-order valence-electron chi connectivity index (χ1n) is 5.58. The van der Waals surface area contributed by atoms with E-state index in [1.807, 2.05) is 6.92 Å². The van der Waals surface area contributed by atoms with Gasteiger partial charge in [0.2, 0.25) is 5.91 Å². The van der Waals surface area contributed by atoms with Crippen LogP contribution in [0, 0.1) is 12.3 Å². The van der Waals surface area contributed by atoms with Crippen LogP contribution in [0.1, 0.15) is 18.4 Å². The Morgan fingerprint density at radius 1 is 1.29 bits per heavy atom. The quantitative estimate of drug-likeness (QED) is 0.760. The molecule has 2 aliphatic rings. The molecule has 0 aromatic heterocycles. The van der Waals surface area contributed by atoms with Crippen LogP contribution in [0.5, 0.6) is 0 Å². The van der Waals surface area contributed by atoms with E-state index in [1.54, 1.807) is 18.2 Å². The molecule has 1 aliphatic carbocycles. The van der Waals surface area contributed by atoms with E-state index in [1.165, 1.54) is 0 Å². The minimum Gasteiger partial charge on any atom is -0.324 e. The predicted molar refractivity (Wildman–Crippen MR) is 63.5 cm³/mol. The van der Waals surface area contributed by atoms with Crippen LogP contribution in [0.25, 0.3) is 0 Å². The van der Waals surface area contributed by atoms with Crippen molar-refractivity contribution in [2.45, 2.75) is 24.7 Å². The van der Waals surface area contributed by atoms with Crippen molar-refractivity contribution >= 4 is 21.4 Å². The van der Waals surface area contributed by atoms with Crippen molar-refractivity contribution < 1.29 is 13.2 Å². The minimum absolute atomic E-state index is 0.0537. The van der Waals surface area contributed by atoms with Gasteiger partial charge >= 0.3 is 0 Å². The Labute approximate surface area is 99.9 Å². The van der Waals surface area contributed by atoms with Gasteiger partial charge in [-0.25, -0.2) is 8.42 Å². The number of aryl methyl sites for hydroxylation is 1. The number of benzene rings is 1. The fourth-order valence-electron chi connectivity index (χ4n) is 2.30. The molecule has 5 heteroatoms. The van der Waals surface area contributed by atoms with Gasteiger partial charge in [-0.05, 0) is 37.5 Å². The van der Waals surface area contributed by atoms with Crippen molar-refractivity contribution in [2.75, 3.05) is 11.1 Å². The number of hydrogen-bond donors (Lipinski definition) is 1. The molecule has 4 nitrogen and oxygen atoms in total. The molecule has 0 bridgehead atoms. The highest BCUT2D eigenvalue weighted by molar-refractivity contribution is 7.91. The van der Waals surface area contributed by atoms with Gasteiger partial charge in [0.25, 0.3) is 0 Å². The molecule has 1 N–H and O–H groups in total. The lowest BCUT2D eigenvalue weighted by Gasteiger charge is -2.08. The number of anilines is 1. The lowest BCUT2D eigenvalue weighted by Crippen LogP contribution is -2.27. The number of nitrogens with one attached hydrogen (secondary N) is 1. The number of carbonyl (C=O) groups is 1. The van der Waals surface area contributed by atoms with Crippen LogP contribution in [0.4, 0.5) is 5.69 Å². The fourth-order valence-corrected chi connectivity index (χ4v) is 4.32. The van der Waals surface area contributed by atoms with Crippen molar-refractivity contribution in [3.05, 3.63) is 23.8 Å². The van der Waals surface area contributed by atoms with Gasteiger partial charge in [0.05, 0.1) is 21.8 Å². The summed E-state index contributed by atoms with van der Waals surface area (Å²) in [4.78, 5) is 12.2. The summed E-state index contributed by atoms with van der Waals surface area (Å²) in [5, 5.41) is 2.75. The largest absolute Gasteiger partial charge is 0.324 e. The molecule has 1 aromatic rings. The van der Waals surface area contributed by atoms with Crippen molar-refractivity contribution in [3.63, 3.8) is 0 Å². The van der Waals surface area contributed by atoms with Crippen molar-refractivity contribution in [1.29, 1.82) is 0 Å². The third-order valence-electron chi connectivity index (χ3n) is 3.52. The van der Waals surface area contributed by atoms with Crippen molar-refractivity contribution in [2.24, 2.45) is 5.41 Å². The first-order chi connectivity index (χ1) is 7.93. The summed E-state index contributed by atoms with van der Waals surface area (Å²) in [5.74, 6) is -0.201.